The van der Waals surface area contributed by atoms with E-state index in [9.17, 15) is 12.8 Å². The molecule has 120 valence electrons. The Balaban J connectivity index is 0.00000220. The molecule has 0 atom stereocenters. The fourth-order valence-corrected chi connectivity index (χ4v) is 4.07. The molecule has 0 unspecified atom stereocenters. The summed E-state index contributed by atoms with van der Waals surface area (Å²) in [4.78, 5) is 0.0474. The maximum absolute atomic E-state index is 13.2. The smallest absolute Gasteiger partial charge is 0.243 e. The summed E-state index contributed by atoms with van der Waals surface area (Å²) >= 11 is 0. The fourth-order valence-electron chi connectivity index (χ4n) is 2.56. The van der Waals surface area contributed by atoms with Crippen LogP contribution in [0.25, 0.3) is 0 Å². The average molecular weight is 337 g/mol. The van der Waals surface area contributed by atoms with Crippen molar-refractivity contribution in [2.45, 2.75) is 24.2 Å². The first-order valence-electron chi connectivity index (χ1n) is 6.94. The molecule has 7 heteroatoms. The van der Waals surface area contributed by atoms with Crippen molar-refractivity contribution >= 4 is 22.4 Å². The van der Waals surface area contributed by atoms with Gasteiger partial charge in [0.15, 0.2) is 0 Å². The Hall–Kier alpha value is -0.690. The minimum Gasteiger partial charge on any atom is -0.320 e. The standard InChI is InChI=1S/C14H21FN2O2S.ClH/c1-16-8-5-12-6-9-17(10-7-12)20(18,19)14-4-2-3-13(15)11-14;/h2-4,11-12,16H,5-10H2,1H3;1H. The van der Waals surface area contributed by atoms with Gasteiger partial charge in [-0.15, -0.1) is 12.4 Å². The molecular weight excluding hydrogens is 315 g/mol. The molecular formula is C14H22ClFN2O2S. The van der Waals surface area contributed by atoms with Gasteiger partial charge >= 0.3 is 0 Å². The molecule has 0 saturated carbocycles. The van der Waals surface area contributed by atoms with Crippen molar-refractivity contribution in [1.82, 2.24) is 9.62 Å². The molecule has 2 rings (SSSR count). The molecule has 1 N–H and O–H groups in total. The van der Waals surface area contributed by atoms with Gasteiger partial charge in [0.2, 0.25) is 10.0 Å². The lowest BCUT2D eigenvalue weighted by Gasteiger charge is -2.31. The average Bonchev–Trinajstić information content (AvgIpc) is 2.45. The Morgan fingerprint density at radius 3 is 2.57 bits per heavy atom. The second-order valence-electron chi connectivity index (χ2n) is 5.20. The highest BCUT2D eigenvalue weighted by atomic mass is 35.5. The van der Waals surface area contributed by atoms with Crippen molar-refractivity contribution in [2.75, 3.05) is 26.7 Å². The van der Waals surface area contributed by atoms with Crippen LogP contribution in [0, 0.1) is 11.7 Å². The van der Waals surface area contributed by atoms with E-state index in [1.807, 2.05) is 7.05 Å². The Morgan fingerprint density at radius 1 is 1.33 bits per heavy atom. The van der Waals surface area contributed by atoms with Crippen LogP contribution in [-0.2, 0) is 10.0 Å². The molecule has 0 aromatic heterocycles. The molecule has 1 aliphatic rings. The lowest BCUT2D eigenvalue weighted by atomic mass is 9.95. The summed E-state index contributed by atoms with van der Waals surface area (Å²) in [6.45, 7) is 2.00. The second-order valence-corrected chi connectivity index (χ2v) is 7.13. The van der Waals surface area contributed by atoms with E-state index in [0.717, 1.165) is 31.9 Å². The molecule has 1 fully saturated rings. The summed E-state index contributed by atoms with van der Waals surface area (Å²) in [5.41, 5.74) is 0. The number of sulfonamides is 1. The summed E-state index contributed by atoms with van der Waals surface area (Å²) in [6, 6.07) is 5.22. The topological polar surface area (TPSA) is 49.4 Å². The third kappa shape index (κ3) is 4.64. The van der Waals surface area contributed by atoms with Crippen LogP contribution in [0.15, 0.2) is 29.2 Å². The number of nitrogens with one attached hydrogen (secondary N) is 1. The largest absolute Gasteiger partial charge is 0.320 e. The van der Waals surface area contributed by atoms with Crippen molar-refractivity contribution < 1.29 is 12.8 Å². The zero-order valence-corrected chi connectivity index (χ0v) is 13.7. The van der Waals surface area contributed by atoms with E-state index in [1.54, 1.807) is 0 Å². The van der Waals surface area contributed by atoms with Crippen molar-refractivity contribution in [3.8, 4) is 0 Å². The molecule has 0 spiro atoms. The highest BCUT2D eigenvalue weighted by molar-refractivity contribution is 7.89. The Kier molecular flexibility index (Phi) is 7.06. The molecule has 1 heterocycles. The minimum absolute atomic E-state index is 0. The summed E-state index contributed by atoms with van der Waals surface area (Å²) in [5, 5.41) is 3.12. The van der Waals surface area contributed by atoms with E-state index in [4.69, 9.17) is 0 Å². The van der Waals surface area contributed by atoms with Crippen LogP contribution in [-0.4, -0.2) is 39.4 Å². The minimum atomic E-state index is -3.55. The quantitative estimate of drug-likeness (QED) is 0.897. The summed E-state index contributed by atoms with van der Waals surface area (Å²) in [5.74, 6) is 0.0522. The molecule has 1 aliphatic heterocycles. The number of rotatable bonds is 5. The second kappa shape index (κ2) is 8.08. The van der Waals surface area contributed by atoms with Gasteiger partial charge in [0.1, 0.15) is 5.82 Å². The summed E-state index contributed by atoms with van der Waals surface area (Å²) in [7, 11) is -1.63. The van der Waals surface area contributed by atoms with Crippen LogP contribution in [0.4, 0.5) is 4.39 Å². The Bertz CT molecular complexity index is 546. The van der Waals surface area contributed by atoms with E-state index in [0.29, 0.717) is 19.0 Å². The van der Waals surface area contributed by atoms with E-state index < -0.39 is 15.8 Å². The van der Waals surface area contributed by atoms with Crippen LogP contribution in [0.1, 0.15) is 19.3 Å². The number of hydrogen-bond donors (Lipinski definition) is 1. The van der Waals surface area contributed by atoms with Crippen LogP contribution >= 0.6 is 12.4 Å². The zero-order valence-electron chi connectivity index (χ0n) is 12.1. The van der Waals surface area contributed by atoms with Gasteiger partial charge in [-0.1, -0.05) is 6.07 Å². The van der Waals surface area contributed by atoms with Crippen molar-refractivity contribution in [3.63, 3.8) is 0 Å². The molecule has 4 nitrogen and oxygen atoms in total. The number of halogens is 2. The Labute approximate surface area is 132 Å². The predicted octanol–water partition coefficient (Wildman–Crippen LogP) is 2.26. The van der Waals surface area contributed by atoms with Crippen LogP contribution in [0.2, 0.25) is 0 Å². The van der Waals surface area contributed by atoms with Crippen molar-refractivity contribution in [3.05, 3.63) is 30.1 Å². The first-order valence-corrected chi connectivity index (χ1v) is 8.38. The van der Waals surface area contributed by atoms with Gasteiger partial charge in [-0.05, 0) is 57.0 Å². The Morgan fingerprint density at radius 2 is 2.00 bits per heavy atom. The van der Waals surface area contributed by atoms with Gasteiger partial charge in [-0.3, -0.25) is 0 Å². The summed E-state index contributed by atoms with van der Waals surface area (Å²) in [6.07, 6.45) is 2.82. The maximum Gasteiger partial charge on any atom is 0.243 e. The van der Waals surface area contributed by atoms with Gasteiger partial charge in [0, 0.05) is 13.1 Å². The highest BCUT2D eigenvalue weighted by Gasteiger charge is 2.29. The van der Waals surface area contributed by atoms with Crippen LogP contribution < -0.4 is 5.32 Å². The monoisotopic (exact) mass is 336 g/mol. The first-order chi connectivity index (χ1) is 9.54. The van der Waals surface area contributed by atoms with E-state index in [-0.39, 0.29) is 17.3 Å². The molecule has 1 aromatic carbocycles. The molecule has 0 bridgehead atoms. The van der Waals surface area contributed by atoms with E-state index in [2.05, 4.69) is 5.32 Å². The van der Waals surface area contributed by atoms with Gasteiger partial charge in [0.05, 0.1) is 4.90 Å². The van der Waals surface area contributed by atoms with Gasteiger partial charge < -0.3 is 5.32 Å². The SMILES string of the molecule is CNCCC1CCN(S(=O)(=O)c2cccc(F)c2)CC1.Cl. The van der Waals surface area contributed by atoms with Gasteiger partial charge in [-0.2, -0.15) is 4.31 Å². The van der Waals surface area contributed by atoms with Crippen molar-refractivity contribution in [2.24, 2.45) is 5.92 Å². The summed E-state index contributed by atoms with van der Waals surface area (Å²) < 4.78 is 39.5. The molecule has 0 radical (unpaired) electrons. The highest BCUT2D eigenvalue weighted by Crippen LogP contribution is 2.25. The lowest BCUT2D eigenvalue weighted by molar-refractivity contribution is 0.263. The molecule has 21 heavy (non-hydrogen) atoms. The number of nitrogens with zero attached hydrogens (tertiary/aromatic N) is 1. The third-order valence-electron chi connectivity index (χ3n) is 3.81. The molecule has 1 saturated heterocycles. The fraction of sp³-hybridized carbons (Fsp3) is 0.571. The van der Waals surface area contributed by atoms with Crippen LogP contribution in [0.5, 0.6) is 0 Å². The molecule has 0 amide bonds. The third-order valence-corrected chi connectivity index (χ3v) is 5.70. The van der Waals surface area contributed by atoms with E-state index in [1.165, 1.54) is 22.5 Å². The van der Waals surface area contributed by atoms with Gasteiger partial charge in [0.25, 0.3) is 0 Å². The number of benzene rings is 1. The predicted molar refractivity (Wildman–Crippen MR) is 83.7 cm³/mol. The van der Waals surface area contributed by atoms with E-state index >= 15 is 0 Å². The first kappa shape index (κ1) is 18.4. The van der Waals surface area contributed by atoms with Gasteiger partial charge in [-0.25, -0.2) is 12.8 Å². The molecule has 1 aromatic rings. The number of hydrogen-bond acceptors (Lipinski definition) is 3. The van der Waals surface area contributed by atoms with Crippen molar-refractivity contribution in [1.29, 1.82) is 0 Å². The number of piperidine rings is 1. The van der Waals surface area contributed by atoms with Crippen LogP contribution in [0.3, 0.4) is 0 Å². The molecule has 0 aliphatic carbocycles. The zero-order chi connectivity index (χ0) is 14.6. The normalized spacial score (nSPS) is 17.4. The maximum atomic E-state index is 13.2. The lowest BCUT2D eigenvalue weighted by Crippen LogP contribution is -2.38.